The number of nitrogens with zero attached hydrogens (tertiary/aromatic N) is 1. The van der Waals surface area contributed by atoms with Crippen LogP contribution in [0.25, 0.3) is 0 Å². The van der Waals surface area contributed by atoms with Crippen molar-refractivity contribution in [3.05, 3.63) is 34.3 Å². The van der Waals surface area contributed by atoms with E-state index in [0.29, 0.717) is 0 Å². The van der Waals surface area contributed by atoms with Crippen molar-refractivity contribution in [2.45, 2.75) is 18.5 Å². The van der Waals surface area contributed by atoms with Gasteiger partial charge in [0.05, 0.1) is 11.5 Å². The second kappa shape index (κ2) is 4.52. The maximum atomic E-state index is 12.7. The Morgan fingerprint density at radius 1 is 1.26 bits per heavy atom. The minimum absolute atomic E-state index is 0.111. The van der Waals surface area contributed by atoms with Crippen LogP contribution in [0.3, 0.4) is 0 Å². The first-order valence-corrected chi connectivity index (χ1v) is 5.76. The van der Waals surface area contributed by atoms with E-state index in [1.165, 1.54) is 13.1 Å². The fourth-order valence-electron chi connectivity index (χ4n) is 1.99. The summed E-state index contributed by atoms with van der Waals surface area (Å²) in [5, 5.41) is -0.111. The van der Waals surface area contributed by atoms with Crippen LogP contribution in [0.1, 0.15) is 23.5 Å². The Hall–Kier alpha value is -1.56. The maximum absolute atomic E-state index is 12.7. The van der Waals surface area contributed by atoms with Crippen molar-refractivity contribution < 1.29 is 22.8 Å². The number of carbonyl (C=O) groups excluding carboxylic acids is 2. The zero-order chi connectivity index (χ0) is 14.4. The molecule has 0 saturated carbocycles. The van der Waals surface area contributed by atoms with Crippen LogP contribution in [-0.2, 0) is 15.8 Å². The first-order valence-electron chi connectivity index (χ1n) is 5.38. The van der Waals surface area contributed by atoms with Gasteiger partial charge in [-0.05, 0) is 23.8 Å². The molecule has 1 unspecified atom stereocenters. The average Bonchev–Trinajstić information content (AvgIpc) is 2.55. The summed E-state index contributed by atoms with van der Waals surface area (Å²) in [5.41, 5.74) is -0.813. The molecule has 1 atom stereocenters. The number of rotatable bonds is 1. The Bertz CT molecular complexity index is 556. The lowest BCUT2D eigenvalue weighted by Gasteiger charge is -2.13. The van der Waals surface area contributed by atoms with E-state index in [1.54, 1.807) is 0 Å². The van der Waals surface area contributed by atoms with Crippen LogP contribution in [0.4, 0.5) is 13.2 Å². The molecule has 1 aliphatic heterocycles. The summed E-state index contributed by atoms with van der Waals surface area (Å²) in [6.07, 6.45) is -4.68. The molecule has 1 aromatic rings. The zero-order valence-corrected chi connectivity index (χ0v) is 10.5. The average molecular weight is 292 g/mol. The van der Waals surface area contributed by atoms with Gasteiger partial charge in [-0.3, -0.25) is 14.5 Å². The molecule has 0 N–H and O–H groups in total. The van der Waals surface area contributed by atoms with Crippen LogP contribution in [-0.4, -0.2) is 23.8 Å². The number of hydrogen-bond acceptors (Lipinski definition) is 2. The second-order valence-corrected chi connectivity index (χ2v) is 4.76. The molecule has 102 valence electrons. The normalized spacial score (nSPS) is 20.3. The molecular weight excluding hydrogens is 283 g/mol. The molecular formula is C12H9ClF3NO2. The number of likely N-dealkylation sites (tertiary alicyclic amines) is 1. The highest BCUT2D eigenvalue weighted by molar-refractivity contribution is 6.30. The van der Waals surface area contributed by atoms with E-state index in [9.17, 15) is 22.8 Å². The lowest BCUT2D eigenvalue weighted by Crippen LogP contribution is -2.25. The minimum Gasteiger partial charge on any atom is -0.285 e. The summed E-state index contributed by atoms with van der Waals surface area (Å²) < 4.78 is 38.0. The highest BCUT2D eigenvalue weighted by atomic mass is 35.5. The van der Waals surface area contributed by atoms with Crippen molar-refractivity contribution in [1.29, 1.82) is 0 Å². The van der Waals surface area contributed by atoms with E-state index in [0.717, 1.165) is 17.0 Å². The van der Waals surface area contributed by atoms with E-state index in [1.807, 2.05) is 0 Å². The molecule has 0 bridgehead atoms. The third kappa shape index (κ3) is 2.58. The number of alkyl halides is 3. The van der Waals surface area contributed by atoms with E-state index >= 15 is 0 Å². The monoisotopic (exact) mass is 291 g/mol. The van der Waals surface area contributed by atoms with Gasteiger partial charge >= 0.3 is 6.18 Å². The smallest absolute Gasteiger partial charge is 0.285 e. The molecule has 1 aliphatic rings. The standard InChI is InChI=1S/C12H9ClF3NO2/c1-17-10(18)5-9(11(17)19)6-2-7(12(14,15)16)4-8(13)3-6/h2-4,9H,5H2,1H3. The van der Waals surface area contributed by atoms with E-state index in [-0.39, 0.29) is 17.0 Å². The number of halogens is 4. The van der Waals surface area contributed by atoms with Crippen LogP contribution in [0.2, 0.25) is 5.02 Å². The summed E-state index contributed by atoms with van der Waals surface area (Å²) >= 11 is 5.65. The molecule has 1 saturated heterocycles. The van der Waals surface area contributed by atoms with Gasteiger partial charge in [-0.2, -0.15) is 13.2 Å². The molecule has 2 rings (SSSR count). The van der Waals surface area contributed by atoms with Gasteiger partial charge in [0.15, 0.2) is 0 Å². The third-order valence-corrected chi connectivity index (χ3v) is 3.25. The van der Waals surface area contributed by atoms with Gasteiger partial charge in [-0.1, -0.05) is 11.6 Å². The number of likely N-dealkylation sites (N-methyl/N-ethyl adjacent to an activating group) is 1. The Kier molecular flexibility index (Phi) is 3.30. The number of hydrogen-bond donors (Lipinski definition) is 0. The van der Waals surface area contributed by atoms with Gasteiger partial charge in [0.25, 0.3) is 0 Å². The van der Waals surface area contributed by atoms with Gasteiger partial charge in [-0.25, -0.2) is 0 Å². The van der Waals surface area contributed by atoms with Crippen molar-refractivity contribution in [2.24, 2.45) is 0 Å². The number of amides is 2. The highest BCUT2D eigenvalue weighted by Gasteiger charge is 2.39. The fraction of sp³-hybridized carbons (Fsp3) is 0.333. The van der Waals surface area contributed by atoms with Gasteiger partial charge in [0.1, 0.15) is 0 Å². The Morgan fingerprint density at radius 3 is 2.37 bits per heavy atom. The summed E-state index contributed by atoms with van der Waals surface area (Å²) in [6.45, 7) is 0. The van der Waals surface area contributed by atoms with Crippen LogP contribution < -0.4 is 0 Å². The van der Waals surface area contributed by atoms with Crippen molar-refractivity contribution in [3.8, 4) is 0 Å². The third-order valence-electron chi connectivity index (χ3n) is 3.03. The number of benzene rings is 1. The first-order chi connectivity index (χ1) is 8.70. The molecule has 0 radical (unpaired) electrons. The van der Waals surface area contributed by atoms with Crippen LogP contribution >= 0.6 is 11.6 Å². The predicted molar refractivity (Wildman–Crippen MR) is 61.6 cm³/mol. The van der Waals surface area contributed by atoms with E-state index in [4.69, 9.17) is 11.6 Å². The van der Waals surface area contributed by atoms with E-state index in [2.05, 4.69) is 0 Å². The largest absolute Gasteiger partial charge is 0.416 e. The molecule has 1 fully saturated rings. The quantitative estimate of drug-likeness (QED) is 0.746. The maximum Gasteiger partial charge on any atom is 0.416 e. The zero-order valence-electron chi connectivity index (χ0n) is 9.79. The molecule has 19 heavy (non-hydrogen) atoms. The first kappa shape index (κ1) is 13.9. The summed E-state index contributed by atoms with van der Waals surface area (Å²) in [6, 6.07) is 2.93. The number of carbonyl (C=O) groups is 2. The van der Waals surface area contributed by atoms with Crippen LogP contribution in [0.15, 0.2) is 18.2 Å². The Labute approximate surface area is 111 Å². The summed E-state index contributed by atoms with van der Waals surface area (Å²) in [7, 11) is 1.31. The molecule has 2 amide bonds. The fourth-order valence-corrected chi connectivity index (χ4v) is 2.24. The summed E-state index contributed by atoms with van der Waals surface area (Å²) in [4.78, 5) is 24.1. The predicted octanol–water partition coefficient (Wildman–Crippen LogP) is 2.83. The minimum atomic E-state index is -4.54. The van der Waals surface area contributed by atoms with Crippen LogP contribution in [0.5, 0.6) is 0 Å². The Morgan fingerprint density at radius 2 is 1.89 bits per heavy atom. The molecule has 7 heteroatoms. The summed E-state index contributed by atoms with van der Waals surface area (Å²) in [5.74, 6) is -1.82. The topological polar surface area (TPSA) is 37.4 Å². The Balaban J connectivity index is 2.44. The molecule has 3 nitrogen and oxygen atoms in total. The molecule has 0 spiro atoms. The SMILES string of the molecule is CN1C(=O)CC(c2cc(Cl)cc(C(F)(F)F)c2)C1=O. The molecule has 1 aromatic carbocycles. The van der Waals surface area contributed by atoms with Gasteiger partial charge < -0.3 is 0 Å². The molecule has 0 aliphatic carbocycles. The lowest BCUT2D eigenvalue weighted by atomic mass is 9.95. The molecule has 0 aromatic heterocycles. The van der Waals surface area contributed by atoms with Crippen molar-refractivity contribution in [3.63, 3.8) is 0 Å². The van der Waals surface area contributed by atoms with Gasteiger partial charge in [0, 0.05) is 18.5 Å². The van der Waals surface area contributed by atoms with Crippen molar-refractivity contribution in [2.75, 3.05) is 7.05 Å². The van der Waals surface area contributed by atoms with Crippen LogP contribution in [0, 0.1) is 0 Å². The van der Waals surface area contributed by atoms with Gasteiger partial charge in [0.2, 0.25) is 11.8 Å². The van der Waals surface area contributed by atoms with Gasteiger partial charge in [-0.15, -0.1) is 0 Å². The molecule has 1 heterocycles. The van der Waals surface area contributed by atoms with Crippen molar-refractivity contribution in [1.82, 2.24) is 4.90 Å². The van der Waals surface area contributed by atoms with E-state index < -0.39 is 29.5 Å². The second-order valence-electron chi connectivity index (χ2n) is 4.32. The van der Waals surface area contributed by atoms with Crippen molar-refractivity contribution >= 4 is 23.4 Å². The highest BCUT2D eigenvalue weighted by Crippen LogP contribution is 2.36. The number of imide groups is 1. The lowest BCUT2D eigenvalue weighted by molar-refractivity contribution is -0.139.